The van der Waals surface area contributed by atoms with Crippen LogP contribution < -0.4 is 5.32 Å². The maximum absolute atomic E-state index is 12.7. The molecule has 1 N–H and O–H groups in total. The summed E-state index contributed by atoms with van der Waals surface area (Å²) in [5.41, 5.74) is 0.740. The van der Waals surface area contributed by atoms with Crippen LogP contribution in [0.4, 0.5) is 10.3 Å². The Balaban J connectivity index is 1.85. The SMILES string of the molecule is O=C(Cn1cnc([N+](=O)[O-])n1)NCc1ccc(F)cc1. The van der Waals surface area contributed by atoms with Crippen molar-refractivity contribution in [1.82, 2.24) is 20.1 Å². The quantitative estimate of drug-likeness (QED) is 0.639. The van der Waals surface area contributed by atoms with Gasteiger partial charge >= 0.3 is 5.95 Å². The van der Waals surface area contributed by atoms with Crippen LogP contribution in [0.3, 0.4) is 0 Å². The molecule has 0 radical (unpaired) electrons. The summed E-state index contributed by atoms with van der Waals surface area (Å²) in [7, 11) is 0. The van der Waals surface area contributed by atoms with E-state index in [1.165, 1.54) is 12.1 Å². The molecule has 1 heterocycles. The van der Waals surface area contributed by atoms with Crippen LogP contribution in [0.2, 0.25) is 0 Å². The predicted octanol–water partition coefficient (Wildman–Crippen LogP) is 0.642. The first-order valence-corrected chi connectivity index (χ1v) is 5.59. The Labute approximate surface area is 112 Å². The Morgan fingerprint density at radius 3 is 2.70 bits per heavy atom. The number of nitrogens with one attached hydrogen (secondary N) is 1. The zero-order chi connectivity index (χ0) is 14.5. The highest BCUT2D eigenvalue weighted by molar-refractivity contribution is 5.75. The summed E-state index contributed by atoms with van der Waals surface area (Å²) in [6.45, 7) is 0.0535. The Morgan fingerprint density at radius 1 is 1.40 bits per heavy atom. The van der Waals surface area contributed by atoms with Crippen molar-refractivity contribution < 1.29 is 14.1 Å². The molecule has 0 bridgehead atoms. The van der Waals surface area contributed by atoms with Crippen LogP contribution in [0.5, 0.6) is 0 Å². The summed E-state index contributed by atoms with van der Waals surface area (Å²) >= 11 is 0. The number of nitro groups is 1. The van der Waals surface area contributed by atoms with Gasteiger partial charge in [0.25, 0.3) is 0 Å². The summed E-state index contributed by atoms with van der Waals surface area (Å²) in [5, 5.41) is 16.5. The molecule has 20 heavy (non-hydrogen) atoms. The standard InChI is InChI=1S/C11H10FN5O3/c12-9-3-1-8(2-4-9)5-13-10(18)6-16-7-14-11(15-16)17(19)20/h1-4,7H,5-6H2,(H,13,18). The van der Waals surface area contributed by atoms with E-state index in [9.17, 15) is 19.3 Å². The fraction of sp³-hybridized carbons (Fsp3) is 0.182. The number of hydrogen-bond acceptors (Lipinski definition) is 5. The van der Waals surface area contributed by atoms with Crippen LogP contribution in [-0.4, -0.2) is 25.6 Å². The van der Waals surface area contributed by atoms with Gasteiger partial charge in [-0.1, -0.05) is 17.1 Å². The van der Waals surface area contributed by atoms with Gasteiger partial charge in [-0.25, -0.2) is 4.39 Å². The second kappa shape index (κ2) is 5.87. The Kier molecular flexibility index (Phi) is 3.99. The summed E-state index contributed by atoms with van der Waals surface area (Å²) in [5.74, 6) is -1.29. The minimum atomic E-state index is -0.743. The van der Waals surface area contributed by atoms with Crippen molar-refractivity contribution in [2.24, 2.45) is 0 Å². The third kappa shape index (κ3) is 3.57. The Bertz CT molecular complexity index is 625. The molecule has 0 atom stereocenters. The van der Waals surface area contributed by atoms with Gasteiger partial charge in [0.1, 0.15) is 12.4 Å². The summed E-state index contributed by atoms with van der Waals surface area (Å²) < 4.78 is 13.7. The topological polar surface area (TPSA) is 103 Å². The molecule has 0 spiro atoms. The maximum Gasteiger partial charge on any atom is 0.490 e. The predicted molar refractivity (Wildman–Crippen MR) is 64.9 cm³/mol. The van der Waals surface area contributed by atoms with E-state index in [0.29, 0.717) is 0 Å². The van der Waals surface area contributed by atoms with Gasteiger partial charge in [0.05, 0.1) is 0 Å². The lowest BCUT2D eigenvalue weighted by molar-refractivity contribution is -0.394. The molecule has 1 amide bonds. The first-order valence-electron chi connectivity index (χ1n) is 5.59. The lowest BCUT2D eigenvalue weighted by Crippen LogP contribution is -2.27. The van der Waals surface area contributed by atoms with Crippen molar-refractivity contribution in [3.63, 3.8) is 0 Å². The molecule has 0 aliphatic carbocycles. The molecule has 104 valence electrons. The normalized spacial score (nSPS) is 10.2. The molecule has 0 aliphatic rings. The highest BCUT2D eigenvalue weighted by Gasteiger charge is 2.14. The van der Waals surface area contributed by atoms with Crippen LogP contribution in [-0.2, 0) is 17.9 Å². The van der Waals surface area contributed by atoms with Gasteiger partial charge in [0.2, 0.25) is 12.2 Å². The molecule has 1 aromatic heterocycles. The summed E-state index contributed by atoms with van der Waals surface area (Å²) in [6.07, 6.45) is 1.11. The van der Waals surface area contributed by atoms with Gasteiger partial charge < -0.3 is 15.4 Å². The number of carbonyl (C=O) groups is 1. The number of hydrogen-bond donors (Lipinski definition) is 1. The van der Waals surface area contributed by atoms with E-state index in [1.54, 1.807) is 12.1 Å². The zero-order valence-corrected chi connectivity index (χ0v) is 10.2. The molecule has 0 aliphatic heterocycles. The Hall–Kier alpha value is -2.84. The van der Waals surface area contributed by atoms with Crippen LogP contribution in [0.15, 0.2) is 30.6 Å². The highest BCUT2D eigenvalue weighted by atomic mass is 19.1. The second-order valence-corrected chi connectivity index (χ2v) is 3.90. The van der Waals surface area contributed by atoms with Crippen molar-refractivity contribution >= 4 is 11.9 Å². The van der Waals surface area contributed by atoms with E-state index in [4.69, 9.17) is 0 Å². The van der Waals surface area contributed by atoms with Gasteiger partial charge in [-0.2, -0.15) is 4.68 Å². The average Bonchev–Trinajstić information content (AvgIpc) is 2.87. The third-order valence-corrected chi connectivity index (χ3v) is 2.40. The monoisotopic (exact) mass is 279 g/mol. The molecule has 1 aromatic carbocycles. The van der Waals surface area contributed by atoms with E-state index in [1.807, 2.05) is 0 Å². The summed E-state index contributed by atoms with van der Waals surface area (Å²) in [6, 6.07) is 5.69. The van der Waals surface area contributed by atoms with Crippen LogP contribution in [0, 0.1) is 15.9 Å². The molecule has 2 aromatic rings. The fourth-order valence-electron chi connectivity index (χ4n) is 1.45. The van der Waals surface area contributed by atoms with Crippen molar-refractivity contribution in [3.05, 3.63) is 52.1 Å². The molecular weight excluding hydrogens is 269 g/mol. The van der Waals surface area contributed by atoms with Gasteiger partial charge in [-0.15, -0.1) is 0 Å². The lowest BCUT2D eigenvalue weighted by Gasteiger charge is -2.03. The number of carbonyl (C=O) groups excluding carboxylic acids is 1. The average molecular weight is 279 g/mol. The van der Waals surface area contributed by atoms with Gasteiger partial charge in [-0.3, -0.25) is 4.79 Å². The zero-order valence-electron chi connectivity index (χ0n) is 10.2. The number of nitrogens with zero attached hydrogens (tertiary/aromatic N) is 4. The number of benzene rings is 1. The van der Waals surface area contributed by atoms with Crippen LogP contribution >= 0.6 is 0 Å². The van der Waals surface area contributed by atoms with E-state index in [2.05, 4.69) is 15.4 Å². The highest BCUT2D eigenvalue weighted by Crippen LogP contribution is 2.02. The summed E-state index contributed by atoms with van der Waals surface area (Å²) in [4.78, 5) is 24.6. The van der Waals surface area contributed by atoms with Crippen molar-refractivity contribution in [3.8, 4) is 0 Å². The maximum atomic E-state index is 12.7. The lowest BCUT2D eigenvalue weighted by atomic mass is 10.2. The van der Waals surface area contributed by atoms with Crippen LogP contribution in [0.1, 0.15) is 5.56 Å². The number of rotatable bonds is 5. The van der Waals surface area contributed by atoms with E-state index >= 15 is 0 Å². The Morgan fingerprint density at radius 2 is 2.10 bits per heavy atom. The minimum Gasteiger partial charge on any atom is -0.390 e. The van der Waals surface area contributed by atoms with Gasteiger partial charge in [0, 0.05) is 11.6 Å². The molecule has 0 saturated heterocycles. The van der Waals surface area contributed by atoms with E-state index in [-0.39, 0.29) is 24.8 Å². The van der Waals surface area contributed by atoms with Gasteiger partial charge in [-0.05, 0) is 22.6 Å². The smallest absolute Gasteiger partial charge is 0.390 e. The first-order chi connectivity index (χ1) is 9.54. The third-order valence-electron chi connectivity index (χ3n) is 2.40. The largest absolute Gasteiger partial charge is 0.490 e. The van der Waals surface area contributed by atoms with Crippen molar-refractivity contribution in [2.75, 3.05) is 0 Å². The molecule has 0 saturated carbocycles. The van der Waals surface area contributed by atoms with Crippen LogP contribution in [0.25, 0.3) is 0 Å². The number of halogens is 1. The van der Waals surface area contributed by atoms with E-state index in [0.717, 1.165) is 16.6 Å². The van der Waals surface area contributed by atoms with Crippen molar-refractivity contribution in [1.29, 1.82) is 0 Å². The second-order valence-electron chi connectivity index (χ2n) is 3.90. The molecule has 8 nitrogen and oxygen atoms in total. The first kappa shape index (κ1) is 13.6. The number of amides is 1. The van der Waals surface area contributed by atoms with Gasteiger partial charge in [0.15, 0.2) is 0 Å². The van der Waals surface area contributed by atoms with Crippen molar-refractivity contribution in [2.45, 2.75) is 13.1 Å². The minimum absolute atomic E-state index is 0.179. The molecule has 0 fully saturated rings. The fourth-order valence-corrected chi connectivity index (χ4v) is 1.45. The van der Waals surface area contributed by atoms with E-state index < -0.39 is 10.9 Å². The number of aromatic nitrogens is 3. The molecule has 0 unspecified atom stereocenters. The molecular formula is C11H10FN5O3. The molecule has 9 heteroatoms. The molecule has 2 rings (SSSR count).